The average molecular weight is 229 g/mol. The molecule has 1 aromatic heterocycles. The maximum absolute atomic E-state index is 11.3. The summed E-state index contributed by atoms with van der Waals surface area (Å²) in [6, 6.07) is 11.7. The summed E-state index contributed by atoms with van der Waals surface area (Å²) in [6.45, 7) is 3.49. The third-order valence-electron chi connectivity index (χ3n) is 2.83. The minimum absolute atomic E-state index is 0.403. The molecule has 1 aromatic carbocycles. The number of hydrogen-bond acceptors (Lipinski definition) is 2. The Morgan fingerprint density at radius 3 is 2.47 bits per heavy atom. The molecule has 1 heterocycles. The lowest BCUT2D eigenvalue weighted by Crippen LogP contribution is -2.41. The van der Waals surface area contributed by atoms with Gasteiger partial charge in [0.2, 0.25) is 5.91 Å². The Balaban J connectivity index is 2.38. The van der Waals surface area contributed by atoms with Gasteiger partial charge in [-0.3, -0.25) is 9.48 Å². The van der Waals surface area contributed by atoms with Crippen molar-refractivity contribution in [1.29, 1.82) is 0 Å². The summed E-state index contributed by atoms with van der Waals surface area (Å²) in [4.78, 5) is 11.3. The van der Waals surface area contributed by atoms with Crippen LogP contribution in [0.25, 0.3) is 11.3 Å². The standard InChI is InChI=1S/C13H15N3O/c1-13(2,12(14)17)16-9-8-11(15-16)10-6-4-3-5-7-10/h3-9H,1-2H3,(H2,14,17). The quantitative estimate of drug-likeness (QED) is 0.871. The van der Waals surface area contributed by atoms with Crippen molar-refractivity contribution in [1.82, 2.24) is 9.78 Å². The number of nitrogens with zero attached hydrogens (tertiary/aromatic N) is 2. The number of aromatic nitrogens is 2. The first kappa shape index (κ1) is 11.4. The van der Waals surface area contributed by atoms with Gasteiger partial charge in [-0.05, 0) is 19.9 Å². The van der Waals surface area contributed by atoms with E-state index in [0.717, 1.165) is 11.3 Å². The minimum atomic E-state index is -0.812. The van der Waals surface area contributed by atoms with E-state index in [1.54, 1.807) is 24.7 Å². The fourth-order valence-electron chi connectivity index (χ4n) is 1.51. The second-order valence-electron chi connectivity index (χ2n) is 4.43. The number of carbonyl (C=O) groups excluding carboxylic acids is 1. The number of carbonyl (C=O) groups is 1. The molecule has 4 nitrogen and oxygen atoms in total. The van der Waals surface area contributed by atoms with Crippen molar-refractivity contribution in [2.75, 3.05) is 0 Å². The summed E-state index contributed by atoms with van der Waals surface area (Å²) in [5.41, 5.74) is 6.39. The van der Waals surface area contributed by atoms with Crippen molar-refractivity contribution in [3.63, 3.8) is 0 Å². The Hall–Kier alpha value is -2.10. The van der Waals surface area contributed by atoms with Crippen molar-refractivity contribution in [3.05, 3.63) is 42.6 Å². The van der Waals surface area contributed by atoms with Crippen LogP contribution in [0.15, 0.2) is 42.6 Å². The van der Waals surface area contributed by atoms with Crippen LogP contribution in [-0.4, -0.2) is 15.7 Å². The number of rotatable bonds is 3. The van der Waals surface area contributed by atoms with Crippen molar-refractivity contribution in [2.24, 2.45) is 5.73 Å². The molecule has 0 spiro atoms. The highest BCUT2D eigenvalue weighted by molar-refractivity contribution is 5.81. The smallest absolute Gasteiger partial charge is 0.244 e. The SMILES string of the molecule is CC(C)(C(N)=O)n1ccc(-c2ccccc2)n1. The lowest BCUT2D eigenvalue weighted by atomic mass is 10.1. The zero-order valence-corrected chi connectivity index (χ0v) is 9.92. The molecule has 1 amide bonds. The molecule has 0 saturated heterocycles. The summed E-state index contributed by atoms with van der Waals surface area (Å²) >= 11 is 0. The van der Waals surface area contributed by atoms with Crippen LogP contribution in [0.4, 0.5) is 0 Å². The molecule has 2 N–H and O–H groups in total. The molecule has 0 atom stereocenters. The third-order valence-corrected chi connectivity index (χ3v) is 2.83. The zero-order valence-electron chi connectivity index (χ0n) is 9.92. The second-order valence-corrected chi connectivity index (χ2v) is 4.43. The van der Waals surface area contributed by atoms with Crippen molar-refractivity contribution in [2.45, 2.75) is 19.4 Å². The summed E-state index contributed by atoms with van der Waals surface area (Å²) in [6.07, 6.45) is 1.77. The fourth-order valence-corrected chi connectivity index (χ4v) is 1.51. The lowest BCUT2D eigenvalue weighted by molar-refractivity contribution is -0.125. The third kappa shape index (κ3) is 2.06. The first-order valence-electron chi connectivity index (χ1n) is 5.43. The number of primary amides is 1. The van der Waals surface area contributed by atoms with Gasteiger partial charge in [-0.1, -0.05) is 30.3 Å². The maximum atomic E-state index is 11.3. The molecule has 0 unspecified atom stereocenters. The van der Waals surface area contributed by atoms with Crippen molar-refractivity contribution < 1.29 is 4.79 Å². The summed E-state index contributed by atoms with van der Waals surface area (Å²) in [5.74, 6) is -0.403. The summed E-state index contributed by atoms with van der Waals surface area (Å²) in [7, 11) is 0. The monoisotopic (exact) mass is 229 g/mol. The van der Waals surface area contributed by atoms with Crippen molar-refractivity contribution >= 4 is 5.91 Å². The fraction of sp³-hybridized carbons (Fsp3) is 0.231. The maximum Gasteiger partial charge on any atom is 0.244 e. The molecule has 2 rings (SSSR count). The largest absolute Gasteiger partial charge is 0.368 e. The van der Waals surface area contributed by atoms with Gasteiger partial charge >= 0.3 is 0 Å². The first-order valence-corrected chi connectivity index (χ1v) is 5.43. The Labute approximate surface area is 100 Å². The van der Waals surface area contributed by atoms with Crippen LogP contribution in [0, 0.1) is 0 Å². The van der Waals surface area contributed by atoms with E-state index < -0.39 is 11.4 Å². The number of benzene rings is 1. The molecule has 0 aliphatic heterocycles. The molecule has 2 aromatic rings. The van der Waals surface area contributed by atoms with Gasteiger partial charge in [0.1, 0.15) is 5.54 Å². The van der Waals surface area contributed by atoms with E-state index >= 15 is 0 Å². The Bertz CT molecular complexity index is 529. The van der Waals surface area contributed by atoms with Crippen LogP contribution in [0.3, 0.4) is 0 Å². The van der Waals surface area contributed by atoms with Gasteiger partial charge in [-0.15, -0.1) is 0 Å². The number of nitrogens with two attached hydrogens (primary N) is 1. The molecular formula is C13H15N3O. The Morgan fingerprint density at radius 1 is 1.24 bits per heavy atom. The molecule has 17 heavy (non-hydrogen) atoms. The molecule has 0 aliphatic rings. The van der Waals surface area contributed by atoms with Gasteiger partial charge in [0.15, 0.2) is 0 Å². The molecule has 0 fully saturated rings. The summed E-state index contributed by atoms with van der Waals surface area (Å²) < 4.78 is 1.59. The number of hydrogen-bond donors (Lipinski definition) is 1. The van der Waals surface area contributed by atoms with E-state index in [1.807, 2.05) is 36.4 Å². The highest BCUT2D eigenvalue weighted by Gasteiger charge is 2.27. The Kier molecular flexibility index (Phi) is 2.71. The van der Waals surface area contributed by atoms with E-state index in [0.29, 0.717) is 0 Å². The normalized spacial score (nSPS) is 11.4. The molecular weight excluding hydrogens is 214 g/mol. The molecule has 0 saturated carbocycles. The van der Waals surface area contributed by atoms with Crippen LogP contribution < -0.4 is 5.73 Å². The predicted molar refractivity (Wildman–Crippen MR) is 66.2 cm³/mol. The van der Waals surface area contributed by atoms with Gasteiger partial charge in [-0.25, -0.2) is 0 Å². The van der Waals surface area contributed by atoms with Crippen LogP contribution >= 0.6 is 0 Å². The second kappa shape index (κ2) is 4.05. The van der Waals surface area contributed by atoms with Crippen molar-refractivity contribution in [3.8, 4) is 11.3 Å². The zero-order chi connectivity index (χ0) is 12.5. The summed E-state index contributed by atoms with van der Waals surface area (Å²) in [5, 5.41) is 4.39. The van der Waals surface area contributed by atoms with Crippen LogP contribution in [0.1, 0.15) is 13.8 Å². The first-order chi connectivity index (χ1) is 8.01. The average Bonchev–Trinajstić information content (AvgIpc) is 2.80. The highest BCUT2D eigenvalue weighted by Crippen LogP contribution is 2.20. The van der Waals surface area contributed by atoms with E-state index in [9.17, 15) is 4.79 Å². The minimum Gasteiger partial charge on any atom is -0.368 e. The van der Waals surface area contributed by atoms with Gasteiger partial charge in [0.05, 0.1) is 5.69 Å². The lowest BCUT2D eigenvalue weighted by Gasteiger charge is -2.20. The number of amides is 1. The Morgan fingerprint density at radius 2 is 1.88 bits per heavy atom. The van der Waals surface area contributed by atoms with Crippen LogP contribution in [0.2, 0.25) is 0 Å². The van der Waals surface area contributed by atoms with Gasteiger partial charge in [-0.2, -0.15) is 5.10 Å². The topological polar surface area (TPSA) is 60.9 Å². The molecule has 4 heteroatoms. The van der Waals surface area contributed by atoms with E-state index in [-0.39, 0.29) is 0 Å². The van der Waals surface area contributed by atoms with Crippen LogP contribution in [-0.2, 0) is 10.3 Å². The van der Waals surface area contributed by atoms with Gasteiger partial charge < -0.3 is 5.73 Å². The van der Waals surface area contributed by atoms with E-state index in [2.05, 4.69) is 5.10 Å². The van der Waals surface area contributed by atoms with Gasteiger partial charge in [0.25, 0.3) is 0 Å². The molecule has 0 radical (unpaired) electrons. The van der Waals surface area contributed by atoms with E-state index in [4.69, 9.17) is 5.73 Å². The predicted octanol–water partition coefficient (Wildman–Crippen LogP) is 1.77. The molecule has 0 aliphatic carbocycles. The van der Waals surface area contributed by atoms with Gasteiger partial charge in [0, 0.05) is 11.8 Å². The molecule has 0 bridgehead atoms. The van der Waals surface area contributed by atoms with Crippen LogP contribution in [0.5, 0.6) is 0 Å². The van der Waals surface area contributed by atoms with E-state index in [1.165, 1.54) is 0 Å². The molecule has 88 valence electrons. The highest BCUT2D eigenvalue weighted by atomic mass is 16.1.